The summed E-state index contributed by atoms with van der Waals surface area (Å²) in [7, 11) is 0. The Morgan fingerprint density at radius 3 is 2.41 bits per heavy atom. The van der Waals surface area contributed by atoms with Crippen LogP contribution in [0.4, 0.5) is 0 Å². The normalized spacial score (nSPS) is 18.2. The van der Waals surface area contributed by atoms with Crippen LogP contribution < -0.4 is 0 Å². The molecule has 1 aliphatic rings. The maximum absolute atomic E-state index is 11.5. The lowest BCUT2D eigenvalue weighted by atomic mass is 9.78. The molecule has 17 heavy (non-hydrogen) atoms. The molecule has 0 heterocycles. The van der Waals surface area contributed by atoms with E-state index in [-0.39, 0.29) is 12.4 Å². The van der Waals surface area contributed by atoms with E-state index in [0.717, 1.165) is 12.8 Å². The topological polar surface area (TPSA) is 77.8 Å². The molecule has 4 nitrogen and oxygen atoms in total. The van der Waals surface area contributed by atoms with Crippen LogP contribution in [0.5, 0.6) is 5.75 Å². The highest BCUT2D eigenvalue weighted by atomic mass is 16.4. The van der Waals surface area contributed by atoms with Gasteiger partial charge in [-0.3, -0.25) is 4.79 Å². The van der Waals surface area contributed by atoms with Crippen molar-refractivity contribution in [3.05, 3.63) is 29.3 Å². The number of aliphatic carboxylic acids is 1. The van der Waals surface area contributed by atoms with E-state index in [4.69, 9.17) is 5.11 Å². The lowest BCUT2D eigenvalue weighted by Gasteiger charge is -2.24. The molecule has 0 atom stereocenters. The van der Waals surface area contributed by atoms with Gasteiger partial charge in [0.05, 0.1) is 12.0 Å². The van der Waals surface area contributed by atoms with Gasteiger partial charge in [0.25, 0.3) is 0 Å². The number of carboxylic acid groups (broad SMARTS) is 1. The van der Waals surface area contributed by atoms with Crippen LogP contribution in [0.15, 0.2) is 18.2 Å². The minimum Gasteiger partial charge on any atom is -0.508 e. The van der Waals surface area contributed by atoms with Gasteiger partial charge in [-0.15, -0.1) is 0 Å². The zero-order chi connectivity index (χ0) is 12.5. The first-order valence-electron chi connectivity index (χ1n) is 5.77. The predicted octanol–water partition coefficient (Wildman–Crippen LogP) is 1.78. The zero-order valence-corrected chi connectivity index (χ0v) is 9.52. The van der Waals surface area contributed by atoms with Crippen molar-refractivity contribution in [3.63, 3.8) is 0 Å². The fourth-order valence-corrected chi connectivity index (χ4v) is 2.60. The highest BCUT2D eigenvalue weighted by Crippen LogP contribution is 2.42. The number of carbonyl (C=O) groups is 1. The molecule has 1 aromatic carbocycles. The first-order valence-corrected chi connectivity index (χ1v) is 5.77. The van der Waals surface area contributed by atoms with Crippen molar-refractivity contribution in [2.45, 2.75) is 37.7 Å². The molecular weight excluding hydrogens is 220 g/mol. The number of aliphatic hydroxyl groups excluding tert-OH is 1. The van der Waals surface area contributed by atoms with Crippen molar-refractivity contribution in [2.24, 2.45) is 0 Å². The molecule has 0 unspecified atom stereocenters. The van der Waals surface area contributed by atoms with E-state index < -0.39 is 11.4 Å². The van der Waals surface area contributed by atoms with Crippen LogP contribution in [0.1, 0.15) is 36.8 Å². The molecule has 0 bridgehead atoms. The Bertz CT molecular complexity index is 433. The van der Waals surface area contributed by atoms with Crippen LogP contribution in [-0.4, -0.2) is 21.3 Å². The van der Waals surface area contributed by atoms with Crippen LogP contribution in [0.25, 0.3) is 0 Å². The third-order valence-corrected chi connectivity index (χ3v) is 3.67. The van der Waals surface area contributed by atoms with Gasteiger partial charge in [-0.1, -0.05) is 25.0 Å². The van der Waals surface area contributed by atoms with E-state index in [1.165, 1.54) is 6.07 Å². The van der Waals surface area contributed by atoms with Crippen molar-refractivity contribution in [1.29, 1.82) is 0 Å². The number of rotatable bonds is 3. The molecule has 0 radical (unpaired) electrons. The summed E-state index contributed by atoms with van der Waals surface area (Å²) in [5, 5.41) is 28.1. The van der Waals surface area contributed by atoms with Gasteiger partial charge in [0.15, 0.2) is 0 Å². The van der Waals surface area contributed by atoms with E-state index in [1.54, 1.807) is 12.1 Å². The second kappa shape index (κ2) is 4.37. The third kappa shape index (κ3) is 1.89. The minimum absolute atomic E-state index is 0.0301. The SMILES string of the molecule is O=C(O)C1(c2ccc(CO)c(O)c2)CCCC1. The molecule has 0 aromatic heterocycles. The van der Waals surface area contributed by atoms with Gasteiger partial charge in [-0.25, -0.2) is 0 Å². The maximum Gasteiger partial charge on any atom is 0.314 e. The summed E-state index contributed by atoms with van der Waals surface area (Å²) in [6.07, 6.45) is 3.02. The maximum atomic E-state index is 11.5. The quantitative estimate of drug-likeness (QED) is 0.747. The van der Waals surface area contributed by atoms with Crippen LogP contribution in [0.2, 0.25) is 0 Å². The van der Waals surface area contributed by atoms with E-state index in [1.807, 2.05) is 0 Å². The average molecular weight is 236 g/mol. The largest absolute Gasteiger partial charge is 0.508 e. The average Bonchev–Trinajstić information content (AvgIpc) is 2.79. The van der Waals surface area contributed by atoms with E-state index >= 15 is 0 Å². The summed E-state index contributed by atoms with van der Waals surface area (Å²) < 4.78 is 0. The summed E-state index contributed by atoms with van der Waals surface area (Å²) in [6.45, 7) is -0.244. The number of aromatic hydroxyl groups is 1. The van der Waals surface area contributed by atoms with Gasteiger partial charge >= 0.3 is 5.97 Å². The monoisotopic (exact) mass is 236 g/mol. The molecule has 1 aliphatic carbocycles. The van der Waals surface area contributed by atoms with Gasteiger partial charge < -0.3 is 15.3 Å². The highest BCUT2D eigenvalue weighted by Gasteiger charge is 2.43. The molecular formula is C13H16O4. The van der Waals surface area contributed by atoms with Gasteiger partial charge in [0.1, 0.15) is 5.75 Å². The molecule has 92 valence electrons. The summed E-state index contributed by atoms with van der Waals surface area (Å²) in [4.78, 5) is 11.5. The zero-order valence-electron chi connectivity index (χ0n) is 9.52. The van der Waals surface area contributed by atoms with E-state index in [2.05, 4.69) is 0 Å². The Labute approximate surface area is 99.5 Å². The van der Waals surface area contributed by atoms with Crippen molar-refractivity contribution in [2.75, 3.05) is 0 Å². The molecule has 1 aromatic rings. The summed E-state index contributed by atoms with van der Waals surface area (Å²) in [5.41, 5.74) is 0.204. The molecule has 0 saturated heterocycles. The van der Waals surface area contributed by atoms with Crippen molar-refractivity contribution in [3.8, 4) is 5.75 Å². The summed E-state index contributed by atoms with van der Waals surface area (Å²) in [5.74, 6) is -0.858. The molecule has 0 spiro atoms. The Balaban J connectivity index is 2.44. The van der Waals surface area contributed by atoms with Crippen LogP contribution >= 0.6 is 0 Å². The Hall–Kier alpha value is -1.55. The van der Waals surface area contributed by atoms with Crippen molar-refractivity contribution in [1.82, 2.24) is 0 Å². The fraction of sp³-hybridized carbons (Fsp3) is 0.462. The lowest BCUT2D eigenvalue weighted by molar-refractivity contribution is -0.143. The van der Waals surface area contributed by atoms with E-state index in [9.17, 15) is 15.0 Å². The van der Waals surface area contributed by atoms with Crippen LogP contribution in [0, 0.1) is 0 Å². The molecule has 2 rings (SSSR count). The van der Waals surface area contributed by atoms with Gasteiger partial charge in [-0.2, -0.15) is 0 Å². The number of hydrogen-bond acceptors (Lipinski definition) is 3. The Morgan fingerprint density at radius 2 is 1.94 bits per heavy atom. The summed E-state index contributed by atoms with van der Waals surface area (Å²) in [6, 6.07) is 4.77. The third-order valence-electron chi connectivity index (χ3n) is 3.67. The predicted molar refractivity (Wildman–Crippen MR) is 61.8 cm³/mol. The molecule has 3 N–H and O–H groups in total. The molecule has 0 aliphatic heterocycles. The Morgan fingerprint density at radius 1 is 1.29 bits per heavy atom. The first-order chi connectivity index (χ1) is 8.10. The highest BCUT2D eigenvalue weighted by molar-refractivity contribution is 5.82. The smallest absolute Gasteiger partial charge is 0.314 e. The van der Waals surface area contributed by atoms with Gasteiger partial charge in [0, 0.05) is 5.56 Å². The number of hydrogen-bond donors (Lipinski definition) is 3. The van der Waals surface area contributed by atoms with Gasteiger partial charge in [0.2, 0.25) is 0 Å². The first kappa shape index (κ1) is 11.9. The van der Waals surface area contributed by atoms with Crippen molar-refractivity contribution < 1.29 is 20.1 Å². The number of carboxylic acids is 1. The number of benzene rings is 1. The fourth-order valence-electron chi connectivity index (χ4n) is 2.60. The molecule has 4 heteroatoms. The number of phenols is 1. The molecule has 1 saturated carbocycles. The van der Waals surface area contributed by atoms with Crippen LogP contribution in [-0.2, 0) is 16.8 Å². The van der Waals surface area contributed by atoms with E-state index in [0.29, 0.717) is 24.0 Å². The minimum atomic E-state index is -0.856. The number of aliphatic hydroxyl groups is 1. The second-order valence-electron chi connectivity index (χ2n) is 4.60. The molecule has 1 fully saturated rings. The van der Waals surface area contributed by atoms with Crippen LogP contribution in [0.3, 0.4) is 0 Å². The standard InChI is InChI=1S/C13H16O4/c14-8-9-3-4-10(7-11(9)15)13(12(16)17)5-1-2-6-13/h3-4,7,14-15H,1-2,5-6,8H2,(H,16,17). The summed E-state index contributed by atoms with van der Waals surface area (Å²) >= 11 is 0. The van der Waals surface area contributed by atoms with Gasteiger partial charge in [-0.05, 0) is 24.5 Å². The second-order valence-corrected chi connectivity index (χ2v) is 4.60. The molecule has 0 amide bonds. The van der Waals surface area contributed by atoms with Crippen molar-refractivity contribution >= 4 is 5.97 Å². The Kier molecular flexibility index (Phi) is 3.07. The lowest BCUT2D eigenvalue weighted by Crippen LogP contribution is -2.32.